The summed E-state index contributed by atoms with van der Waals surface area (Å²) in [5.41, 5.74) is 0.318. The topological polar surface area (TPSA) is 98.3 Å². The lowest BCUT2D eigenvalue weighted by molar-refractivity contribution is -0.151. The number of esters is 1. The molecule has 300 valence electrons. The third-order valence-electron chi connectivity index (χ3n) is 11.6. The van der Waals surface area contributed by atoms with E-state index in [1.807, 2.05) is 11.9 Å². The predicted molar refractivity (Wildman–Crippen MR) is 216 cm³/mol. The van der Waals surface area contributed by atoms with Gasteiger partial charge in [-0.25, -0.2) is 9.78 Å². The summed E-state index contributed by atoms with van der Waals surface area (Å²) in [7, 11) is -0.105. The number of nitrogens with zero attached hydrogens (tertiary/aromatic N) is 3. The van der Waals surface area contributed by atoms with E-state index in [9.17, 15) is 14.4 Å². The molecule has 2 heterocycles. The Morgan fingerprint density at radius 1 is 0.962 bits per heavy atom. The summed E-state index contributed by atoms with van der Waals surface area (Å²) in [5.74, 6) is -0.543. The van der Waals surface area contributed by atoms with E-state index in [2.05, 4.69) is 67.2 Å². The number of likely N-dealkylation sites (N-methyl/N-ethyl adjacent to an activating group) is 1. The molecule has 0 aromatic carbocycles. The first-order chi connectivity index (χ1) is 24.9. The lowest BCUT2D eigenvalue weighted by Gasteiger charge is -2.41. The van der Waals surface area contributed by atoms with Crippen molar-refractivity contribution in [1.29, 1.82) is 0 Å². The number of unbranched alkanes of at least 4 members (excludes halogenated alkanes) is 4. The smallest absolute Gasteiger partial charge is 0.357 e. The summed E-state index contributed by atoms with van der Waals surface area (Å²) >= 11 is 1.44. The number of ether oxygens (including phenoxy) is 2. The molecule has 5 atom stereocenters. The Bertz CT molecular complexity index is 1170. The van der Waals surface area contributed by atoms with Crippen molar-refractivity contribution in [2.45, 2.75) is 176 Å². The lowest BCUT2D eigenvalue weighted by atomic mass is 9.82. The predicted octanol–water partition coefficient (Wildman–Crippen LogP) is 10.1. The van der Waals surface area contributed by atoms with Gasteiger partial charge in [0.2, 0.25) is 5.91 Å². The minimum absolute atomic E-state index is 0.00503. The van der Waals surface area contributed by atoms with Crippen molar-refractivity contribution in [3.05, 3.63) is 16.1 Å². The zero-order chi connectivity index (χ0) is 38.7. The molecule has 0 bridgehead atoms. The Hall–Kier alpha value is -1.66. The van der Waals surface area contributed by atoms with Crippen molar-refractivity contribution >= 4 is 37.3 Å². The molecule has 0 aliphatic carbocycles. The number of piperidine rings is 1. The second-order valence-electron chi connectivity index (χ2n) is 15.5. The summed E-state index contributed by atoms with van der Waals surface area (Å²) < 4.78 is 19.1. The number of aromatic nitrogens is 1. The Morgan fingerprint density at radius 3 is 2.19 bits per heavy atom. The van der Waals surface area contributed by atoms with E-state index in [1.165, 1.54) is 11.3 Å². The van der Waals surface area contributed by atoms with Crippen molar-refractivity contribution in [3.8, 4) is 0 Å². The molecule has 1 saturated heterocycles. The van der Waals surface area contributed by atoms with Gasteiger partial charge < -0.3 is 18.8 Å². The van der Waals surface area contributed by atoms with Gasteiger partial charge in [-0.3, -0.25) is 14.5 Å². The highest BCUT2D eigenvalue weighted by Gasteiger charge is 2.41. The van der Waals surface area contributed by atoms with Gasteiger partial charge in [0.15, 0.2) is 19.8 Å². The summed E-state index contributed by atoms with van der Waals surface area (Å²) in [6, 6.07) is 2.55. The van der Waals surface area contributed by atoms with E-state index in [-0.39, 0.29) is 54.9 Å². The molecule has 1 aromatic rings. The molecule has 0 saturated carbocycles. The molecule has 1 amide bonds. The fraction of sp³-hybridized carbons (Fsp3) is 0.854. The third kappa shape index (κ3) is 14.2. The van der Waals surface area contributed by atoms with Gasteiger partial charge in [-0.05, 0) is 75.7 Å². The Kier molecular flexibility index (Phi) is 22.1. The zero-order valence-corrected chi connectivity index (χ0v) is 36.5. The highest BCUT2D eigenvalue weighted by Crippen LogP contribution is 2.37. The van der Waals surface area contributed by atoms with Crippen molar-refractivity contribution in [3.63, 3.8) is 0 Å². The highest BCUT2D eigenvalue weighted by atomic mass is 32.1. The van der Waals surface area contributed by atoms with Gasteiger partial charge in [-0.15, -0.1) is 11.3 Å². The average Bonchev–Trinajstić information content (AvgIpc) is 3.65. The maximum atomic E-state index is 15.0. The summed E-state index contributed by atoms with van der Waals surface area (Å²) in [4.78, 5) is 50.8. The fourth-order valence-corrected chi connectivity index (χ4v) is 11.1. The highest BCUT2D eigenvalue weighted by molar-refractivity contribution is 7.09. The van der Waals surface area contributed by atoms with E-state index in [0.29, 0.717) is 25.3 Å². The molecule has 1 aromatic heterocycles. The molecule has 1 aliphatic rings. The molecule has 1 aliphatic heterocycles. The minimum Gasteiger partial charge on any atom is -0.461 e. The largest absolute Gasteiger partial charge is 0.461 e. The van der Waals surface area contributed by atoms with E-state index in [1.54, 1.807) is 5.38 Å². The quantitative estimate of drug-likeness (QED) is 0.0378. The third-order valence-corrected chi connectivity index (χ3v) is 17.1. The molecular formula is C41H75N3O6SSi. The number of amides is 1. The van der Waals surface area contributed by atoms with Gasteiger partial charge >= 0.3 is 5.97 Å². The minimum atomic E-state index is -2.14. The summed E-state index contributed by atoms with van der Waals surface area (Å²) in [6.45, 7) is 21.5. The molecule has 0 unspecified atom stereocenters. The van der Waals surface area contributed by atoms with E-state index < -0.39 is 20.2 Å². The molecule has 0 radical (unpaired) electrons. The summed E-state index contributed by atoms with van der Waals surface area (Å²) in [6.07, 6.45) is 10.2. The molecule has 11 heteroatoms. The second kappa shape index (κ2) is 24.7. The van der Waals surface area contributed by atoms with Crippen LogP contribution in [-0.4, -0.2) is 86.4 Å². The zero-order valence-electron chi connectivity index (χ0n) is 34.7. The number of thiazole rings is 1. The first-order valence-corrected chi connectivity index (χ1v) is 24.2. The first kappa shape index (κ1) is 46.5. The molecule has 9 nitrogen and oxygen atoms in total. The normalized spacial score (nSPS) is 17.9. The number of hydrogen-bond acceptors (Lipinski definition) is 9. The van der Waals surface area contributed by atoms with Gasteiger partial charge in [0.25, 0.3) is 0 Å². The molecule has 0 spiro atoms. The van der Waals surface area contributed by atoms with Crippen LogP contribution >= 0.6 is 11.3 Å². The van der Waals surface area contributed by atoms with Crippen molar-refractivity contribution in [1.82, 2.24) is 14.8 Å². The van der Waals surface area contributed by atoms with Crippen molar-refractivity contribution < 1.29 is 28.3 Å². The van der Waals surface area contributed by atoms with Crippen LogP contribution in [-0.2, 0) is 23.5 Å². The van der Waals surface area contributed by atoms with Crippen molar-refractivity contribution in [2.24, 2.45) is 17.8 Å². The number of likely N-dealkylation sites (tertiary alicyclic amines) is 1. The van der Waals surface area contributed by atoms with Gasteiger partial charge in [0.1, 0.15) is 11.7 Å². The van der Waals surface area contributed by atoms with Gasteiger partial charge in [0, 0.05) is 30.4 Å². The van der Waals surface area contributed by atoms with Crippen LogP contribution in [0.3, 0.4) is 0 Å². The maximum absolute atomic E-state index is 15.0. The summed E-state index contributed by atoms with van der Waals surface area (Å²) in [5, 5.41) is 2.54. The average molecular weight is 766 g/mol. The van der Waals surface area contributed by atoms with Gasteiger partial charge in [0.05, 0.1) is 18.8 Å². The number of carbonyl (C=O) groups excluding carboxylic acids is 3. The van der Waals surface area contributed by atoms with Crippen LogP contribution in [0, 0.1) is 17.8 Å². The standard InChI is InChI=1S/C41H75N3O6SSi/c1-11-17-21-25-48-30-44(40(46)33(32(9)13-3)27-37(45)35-23-19-20-24-43(35)10)36(31(7)8)28-38(50-52(14-4,15-5)16-6)39-42-34(29-51-39)41(47)49-26-22-18-12-2/h29,31-33,35-36,38H,11-28,30H2,1-10H3/t32-,33-,35+,36+,38+/m0/s1. The van der Waals surface area contributed by atoms with Crippen LogP contribution in [0.15, 0.2) is 5.38 Å². The number of Topliss-reactive ketones (excluding diaryl/α,β-unsaturated/α-hetero) is 1. The Balaban J connectivity index is 2.54. The van der Waals surface area contributed by atoms with Crippen LogP contribution < -0.4 is 0 Å². The van der Waals surface area contributed by atoms with Gasteiger partial charge in [-0.2, -0.15) is 0 Å². The Morgan fingerprint density at radius 2 is 1.62 bits per heavy atom. The Labute approximate surface area is 322 Å². The van der Waals surface area contributed by atoms with Crippen LogP contribution in [0.25, 0.3) is 0 Å². The lowest BCUT2D eigenvalue weighted by Crippen LogP contribution is -2.51. The second-order valence-corrected chi connectivity index (χ2v) is 21.1. The van der Waals surface area contributed by atoms with E-state index in [4.69, 9.17) is 18.9 Å². The number of carbonyl (C=O) groups is 3. The molecule has 2 rings (SSSR count). The van der Waals surface area contributed by atoms with Crippen molar-refractivity contribution in [2.75, 3.05) is 33.5 Å². The van der Waals surface area contributed by atoms with Crippen LogP contribution in [0.4, 0.5) is 0 Å². The monoisotopic (exact) mass is 766 g/mol. The first-order valence-electron chi connectivity index (χ1n) is 20.8. The van der Waals surface area contributed by atoms with Crippen LogP contribution in [0.1, 0.15) is 161 Å². The SMILES string of the molecule is CCCCCOCN(C(=O)[C@@H](CC(=O)[C@H]1CCCCN1C)[C@@H](C)CC)[C@H](C[C@@H](O[Si](CC)(CC)CC)c1nc(C(=O)OCCCCC)cs1)C(C)C. The molecule has 52 heavy (non-hydrogen) atoms. The number of rotatable bonds is 27. The van der Waals surface area contributed by atoms with Crippen LogP contribution in [0.2, 0.25) is 18.1 Å². The van der Waals surface area contributed by atoms with E-state index >= 15 is 0 Å². The van der Waals surface area contributed by atoms with Crippen LogP contribution in [0.5, 0.6) is 0 Å². The maximum Gasteiger partial charge on any atom is 0.357 e. The fourth-order valence-electron chi connectivity index (χ4n) is 7.40. The van der Waals surface area contributed by atoms with E-state index in [0.717, 1.165) is 93.9 Å². The number of ketones is 1. The molecular weight excluding hydrogens is 691 g/mol. The molecule has 0 N–H and O–H groups in total. The molecule has 1 fully saturated rings. The van der Waals surface area contributed by atoms with Gasteiger partial charge in [-0.1, -0.05) is 101 Å². The number of hydrogen-bond donors (Lipinski definition) is 0.